The van der Waals surface area contributed by atoms with Gasteiger partial charge in [-0.15, -0.1) is 0 Å². The molecule has 1 fully saturated rings. The van der Waals surface area contributed by atoms with Crippen molar-refractivity contribution in [1.82, 2.24) is 14.7 Å². The third-order valence-corrected chi connectivity index (χ3v) is 4.43. The number of para-hydroxylation sites is 1. The lowest BCUT2D eigenvalue weighted by molar-refractivity contribution is 0.0717. The second kappa shape index (κ2) is 5.61. The molecule has 2 aliphatic rings. The fourth-order valence-corrected chi connectivity index (χ4v) is 3.33. The Balaban J connectivity index is 1.57. The molecule has 2 aromatic rings. The van der Waals surface area contributed by atoms with Gasteiger partial charge < -0.3 is 14.4 Å². The molecule has 4 rings (SSSR count). The first-order valence-corrected chi connectivity index (χ1v) is 7.91. The van der Waals surface area contributed by atoms with Gasteiger partial charge in [0, 0.05) is 12.7 Å². The maximum Gasteiger partial charge on any atom is 0.258 e. The first-order valence-electron chi connectivity index (χ1n) is 7.91. The van der Waals surface area contributed by atoms with Crippen molar-refractivity contribution in [3.63, 3.8) is 0 Å². The highest BCUT2D eigenvalue weighted by Gasteiger charge is 2.33. The Hall–Kier alpha value is -2.50. The SMILES string of the molecule is Cc1cnn(C[C@@H]2CCCN2C(=O)c2cccc3c2OCO3)c1. The van der Waals surface area contributed by atoms with Crippen molar-refractivity contribution in [3.8, 4) is 11.5 Å². The Bertz CT molecular complexity index is 740. The maximum atomic E-state index is 13.0. The molecule has 6 nitrogen and oxygen atoms in total. The zero-order valence-electron chi connectivity index (χ0n) is 13.1. The Labute approximate surface area is 134 Å². The van der Waals surface area contributed by atoms with Gasteiger partial charge in [0.2, 0.25) is 6.79 Å². The van der Waals surface area contributed by atoms with Gasteiger partial charge in [-0.05, 0) is 37.5 Å². The van der Waals surface area contributed by atoms with E-state index in [4.69, 9.17) is 9.47 Å². The standard InChI is InChI=1S/C17H19N3O3/c1-12-8-18-19(9-12)10-13-4-3-7-20(13)17(21)14-5-2-6-15-16(14)23-11-22-15/h2,5-6,8-9,13H,3-4,7,10-11H2,1H3/t13-/m0/s1. The van der Waals surface area contributed by atoms with E-state index in [2.05, 4.69) is 5.10 Å². The highest BCUT2D eigenvalue weighted by Crippen LogP contribution is 2.36. The van der Waals surface area contributed by atoms with Crippen molar-refractivity contribution in [2.24, 2.45) is 0 Å². The first kappa shape index (κ1) is 14.1. The minimum absolute atomic E-state index is 0.0127. The Morgan fingerprint density at radius 2 is 2.30 bits per heavy atom. The monoisotopic (exact) mass is 313 g/mol. The number of amides is 1. The fourth-order valence-electron chi connectivity index (χ4n) is 3.33. The van der Waals surface area contributed by atoms with Crippen LogP contribution in [0.3, 0.4) is 0 Å². The average Bonchev–Trinajstić information content (AvgIpc) is 3.27. The smallest absolute Gasteiger partial charge is 0.258 e. The summed E-state index contributed by atoms with van der Waals surface area (Å²) in [5.41, 5.74) is 1.72. The van der Waals surface area contributed by atoms with Gasteiger partial charge in [0.15, 0.2) is 11.5 Å². The molecule has 0 spiro atoms. The van der Waals surface area contributed by atoms with Crippen LogP contribution in [0.2, 0.25) is 0 Å². The Kier molecular flexibility index (Phi) is 3.44. The van der Waals surface area contributed by atoms with Gasteiger partial charge >= 0.3 is 0 Å². The number of nitrogens with zero attached hydrogens (tertiary/aromatic N) is 3. The van der Waals surface area contributed by atoms with Crippen LogP contribution < -0.4 is 9.47 Å². The highest BCUT2D eigenvalue weighted by atomic mass is 16.7. The molecule has 0 unspecified atom stereocenters. The molecule has 6 heteroatoms. The van der Waals surface area contributed by atoms with Gasteiger partial charge in [-0.1, -0.05) is 6.07 Å². The minimum Gasteiger partial charge on any atom is -0.454 e. The molecule has 0 saturated carbocycles. The molecule has 120 valence electrons. The summed E-state index contributed by atoms with van der Waals surface area (Å²) in [5.74, 6) is 1.23. The summed E-state index contributed by atoms with van der Waals surface area (Å²) in [5, 5.41) is 4.34. The predicted octanol–water partition coefficient (Wildman–Crippen LogP) is 2.23. The summed E-state index contributed by atoms with van der Waals surface area (Å²) < 4.78 is 12.8. The normalized spacial score (nSPS) is 19.3. The Morgan fingerprint density at radius 1 is 1.39 bits per heavy atom. The molecule has 0 radical (unpaired) electrons. The molecule has 2 aliphatic heterocycles. The summed E-state index contributed by atoms with van der Waals surface area (Å²) >= 11 is 0. The lowest BCUT2D eigenvalue weighted by Gasteiger charge is -2.25. The molecule has 1 aromatic carbocycles. The van der Waals surface area contributed by atoms with Crippen molar-refractivity contribution in [1.29, 1.82) is 0 Å². The number of hydrogen-bond acceptors (Lipinski definition) is 4. The van der Waals surface area contributed by atoms with E-state index in [1.54, 1.807) is 0 Å². The van der Waals surface area contributed by atoms with Crippen LogP contribution in [0.25, 0.3) is 0 Å². The number of aryl methyl sites for hydroxylation is 1. The van der Waals surface area contributed by atoms with Gasteiger partial charge in [0.1, 0.15) is 0 Å². The summed E-state index contributed by atoms with van der Waals surface area (Å²) in [6, 6.07) is 5.64. The van der Waals surface area contributed by atoms with E-state index < -0.39 is 0 Å². The summed E-state index contributed by atoms with van der Waals surface area (Å²) in [4.78, 5) is 14.9. The van der Waals surface area contributed by atoms with Crippen molar-refractivity contribution in [3.05, 3.63) is 41.7 Å². The number of carbonyl (C=O) groups is 1. The molecule has 1 aromatic heterocycles. The molecular formula is C17H19N3O3. The van der Waals surface area contributed by atoms with Crippen molar-refractivity contribution < 1.29 is 14.3 Å². The molecule has 0 N–H and O–H groups in total. The van der Waals surface area contributed by atoms with Crippen LogP contribution in [0.1, 0.15) is 28.8 Å². The zero-order chi connectivity index (χ0) is 15.8. The van der Waals surface area contributed by atoms with Gasteiger partial charge in [-0.2, -0.15) is 5.10 Å². The zero-order valence-corrected chi connectivity index (χ0v) is 13.1. The second-order valence-electron chi connectivity index (χ2n) is 6.07. The van der Waals surface area contributed by atoms with E-state index >= 15 is 0 Å². The first-order chi connectivity index (χ1) is 11.2. The third-order valence-electron chi connectivity index (χ3n) is 4.43. The molecule has 23 heavy (non-hydrogen) atoms. The van der Waals surface area contributed by atoms with E-state index in [1.807, 2.05) is 47.1 Å². The number of carbonyl (C=O) groups excluding carboxylic acids is 1. The number of aromatic nitrogens is 2. The van der Waals surface area contributed by atoms with Crippen molar-refractivity contribution in [2.75, 3.05) is 13.3 Å². The van der Waals surface area contributed by atoms with Gasteiger partial charge in [0.25, 0.3) is 5.91 Å². The predicted molar refractivity (Wildman–Crippen MR) is 83.6 cm³/mol. The fraction of sp³-hybridized carbons (Fsp3) is 0.412. The number of likely N-dealkylation sites (tertiary alicyclic amines) is 1. The maximum absolute atomic E-state index is 13.0. The summed E-state index contributed by atoms with van der Waals surface area (Å²) in [6.45, 7) is 3.70. The van der Waals surface area contributed by atoms with Crippen LogP contribution >= 0.6 is 0 Å². The molecule has 1 amide bonds. The van der Waals surface area contributed by atoms with Crippen LogP contribution in [0.15, 0.2) is 30.6 Å². The molecular weight excluding hydrogens is 294 g/mol. The average molecular weight is 313 g/mol. The Morgan fingerprint density at radius 3 is 3.13 bits per heavy atom. The molecule has 1 atom stereocenters. The van der Waals surface area contributed by atoms with E-state index in [0.29, 0.717) is 17.1 Å². The molecule has 3 heterocycles. The van der Waals surface area contributed by atoms with Crippen LogP contribution in [0.5, 0.6) is 11.5 Å². The van der Waals surface area contributed by atoms with E-state index in [0.717, 1.165) is 31.5 Å². The van der Waals surface area contributed by atoms with E-state index in [-0.39, 0.29) is 18.7 Å². The number of ether oxygens (including phenoxy) is 2. The summed E-state index contributed by atoms with van der Waals surface area (Å²) in [7, 11) is 0. The number of hydrogen-bond donors (Lipinski definition) is 0. The van der Waals surface area contributed by atoms with E-state index in [9.17, 15) is 4.79 Å². The lowest BCUT2D eigenvalue weighted by atomic mass is 10.1. The van der Waals surface area contributed by atoms with Crippen molar-refractivity contribution >= 4 is 5.91 Å². The summed E-state index contributed by atoms with van der Waals surface area (Å²) in [6.07, 6.45) is 5.87. The van der Waals surface area contributed by atoms with E-state index in [1.165, 1.54) is 0 Å². The van der Waals surface area contributed by atoms with Crippen LogP contribution in [0.4, 0.5) is 0 Å². The highest BCUT2D eigenvalue weighted by molar-refractivity contribution is 5.98. The topological polar surface area (TPSA) is 56.6 Å². The molecule has 1 saturated heterocycles. The van der Waals surface area contributed by atoms with Crippen molar-refractivity contribution in [2.45, 2.75) is 32.4 Å². The third kappa shape index (κ3) is 2.54. The van der Waals surface area contributed by atoms with Gasteiger partial charge in [-0.25, -0.2) is 0 Å². The lowest BCUT2D eigenvalue weighted by Crippen LogP contribution is -2.38. The molecule has 0 bridgehead atoms. The second-order valence-corrected chi connectivity index (χ2v) is 6.07. The molecule has 0 aliphatic carbocycles. The number of benzene rings is 1. The minimum atomic E-state index is 0.0127. The van der Waals surface area contributed by atoms with Crippen LogP contribution in [-0.2, 0) is 6.54 Å². The number of rotatable bonds is 3. The quantitative estimate of drug-likeness (QED) is 0.872. The van der Waals surface area contributed by atoms with Crippen LogP contribution in [0, 0.1) is 6.92 Å². The largest absolute Gasteiger partial charge is 0.454 e. The van der Waals surface area contributed by atoms with Gasteiger partial charge in [0.05, 0.1) is 24.3 Å². The van der Waals surface area contributed by atoms with Gasteiger partial charge in [-0.3, -0.25) is 9.48 Å². The number of fused-ring (bicyclic) bond motifs is 1. The van der Waals surface area contributed by atoms with Crippen LogP contribution in [-0.4, -0.2) is 40.0 Å².